The van der Waals surface area contributed by atoms with Crippen molar-refractivity contribution >= 4 is 27.7 Å². The van der Waals surface area contributed by atoms with Gasteiger partial charge < -0.3 is 4.74 Å². The molecule has 0 saturated carbocycles. The molecule has 1 aromatic rings. The molecule has 1 aromatic carbocycles. The summed E-state index contributed by atoms with van der Waals surface area (Å²) in [6.45, 7) is 0.803. The van der Waals surface area contributed by atoms with E-state index in [1.165, 1.54) is 36.1 Å². The summed E-state index contributed by atoms with van der Waals surface area (Å²) in [6, 6.07) is 4.68. The molecule has 1 fully saturated rings. The van der Waals surface area contributed by atoms with Crippen LogP contribution in [0.3, 0.4) is 0 Å². The van der Waals surface area contributed by atoms with Crippen LogP contribution in [0.1, 0.15) is 30.4 Å². The Bertz CT molecular complexity index is 477. The highest BCUT2D eigenvalue weighted by molar-refractivity contribution is 9.10. The third-order valence-corrected chi connectivity index (χ3v) is 6.12. The quantitative estimate of drug-likeness (QED) is 0.642. The van der Waals surface area contributed by atoms with E-state index in [1.807, 2.05) is 0 Å². The molecular weight excluding hydrogens is 336 g/mol. The fourth-order valence-corrected chi connectivity index (χ4v) is 5.08. The summed E-state index contributed by atoms with van der Waals surface area (Å²) < 4.78 is 6.96. The molecule has 110 valence electrons. The second kappa shape index (κ2) is 6.69. The van der Waals surface area contributed by atoms with Crippen LogP contribution in [0, 0.1) is 0 Å². The highest BCUT2D eigenvalue weighted by atomic mass is 79.9. The number of nitrogens with one attached hydrogen (secondary N) is 1. The average molecular weight is 357 g/mol. The summed E-state index contributed by atoms with van der Waals surface area (Å²) in [6.07, 6.45) is 5.88. The number of hydrogen-bond donors (Lipinski definition) is 2. The summed E-state index contributed by atoms with van der Waals surface area (Å²) in [5.74, 6) is 8.17. The van der Waals surface area contributed by atoms with Gasteiger partial charge in [-0.3, -0.25) is 11.3 Å². The molecule has 0 spiro atoms. The molecular formula is C15H21BrN2OS. The first-order valence-electron chi connectivity index (χ1n) is 7.30. The van der Waals surface area contributed by atoms with Crippen molar-refractivity contribution in [3.05, 3.63) is 27.7 Å². The molecule has 20 heavy (non-hydrogen) atoms. The van der Waals surface area contributed by atoms with Crippen LogP contribution in [-0.4, -0.2) is 23.7 Å². The predicted molar refractivity (Wildman–Crippen MR) is 88.3 cm³/mol. The van der Waals surface area contributed by atoms with Gasteiger partial charge in [-0.05, 0) is 48.3 Å². The minimum absolute atomic E-state index is 0.322. The second-order valence-corrected chi connectivity index (χ2v) is 7.80. The van der Waals surface area contributed by atoms with Crippen LogP contribution in [0.4, 0.5) is 0 Å². The van der Waals surface area contributed by atoms with Crippen molar-refractivity contribution in [3.63, 3.8) is 0 Å². The van der Waals surface area contributed by atoms with E-state index in [0.717, 1.165) is 29.7 Å². The molecule has 5 heteroatoms. The molecule has 2 unspecified atom stereocenters. The Balaban J connectivity index is 1.78. The summed E-state index contributed by atoms with van der Waals surface area (Å²) in [5.41, 5.74) is 5.64. The molecule has 0 bridgehead atoms. The number of rotatable bonds is 4. The minimum Gasteiger partial charge on any atom is -0.493 e. The fourth-order valence-electron chi connectivity index (χ4n) is 3.12. The maximum atomic E-state index is 5.82. The minimum atomic E-state index is 0.322. The van der Waals surface area contributed by atoms with Gasteiger partial charge in [-0.25, -0.2) is 0 Å². The second-order valence-electron chi connectivity index (χ2n) is 5.53. The van der Waals surface area contributed by atoms with Crippen LogP contribution >= 0.6 is 27.7 Å². The van der Waals surface area contributed by atoms with Crippen LogP contribution < -0.4 is 16.0 Å². The number of thioether (sulfide) groups is 1. The van der Waals surface area contributed by atoms with Gasteiger partial charge in [0.15, 0.2) is 0 Å². The molecule has 3 nitrogen and oxygen atoms in total. The molecule has 3 rings (SSSR count). The van der Waals surface area contributed by atoms with Crippen LogP contribution in [0.5, 0.6) is 5.75 Å². The van der Waals surface area contributed by atoms with Gasteiger partial charge >= 0.3 is 0 Å². The number of benzene rings is 1. The molecule has 3 N–H and O–H groups in total. The lowest BCUT2D eigenvalue weighted by Gasteiger charge is -2.29. The highest BCUT2D eigenvalue weighted by Crippen LogP contribution is 2.35. The molecule has 0 aromatic heterocycles. The Morgan fingerprint density at radius 3 is 3.10 bits per heavy atom. The van der Waals surface area contributed by atoms with E-state index >= 15 is 0 Å². The molecule has 0 aliphatic carbocycles. The van der Waals surface area contributed by atoms with Crippen molar-refractivity contribution in [2.24, 2.45) is 5.84 Å². The summed E-state index contributed by atoms with van der Waals surface area (Å²) in [5, 5.41) is 0.616. The number of ether oxygens (including phenoxy) is 1. The molecule has 0 amide bonds. The van der Waals surface area contributed by atoms with Crippen molar-refractivity contribution in [1.82, 2.24) is 5.43 Å². The Labute approximate surface area is 133 Å². The van der Waals surface area contributed by atoms with E-state index in [0.29, 0.717) is 11.3 Å². The van der Waals surface area contributed by atoms with E-state index in [1.54, 1.807) is 0 Å². The Morgan fingerprint density at radius 2 is 2.35 bits per heavy atom. The van der Waals surface area contributed by atoms with Gasteiger partial charge in [0.25, 0.3) is 0 Å². The lowest BCUT2D eigenvalue weighted by Crippen LogP contribution is -2.45. The third-order valence-electron chi connectivity index (χ3n) is 4.14. The van der Waals surface area contributed by atoms with Gasteiger partial charge in [0, 0.05) is 22.2 Å². The number of hydrogen-bond acceptors (Lipinski definition) is 4. The third kappa shape index (κ3) is 3.16. The number of nitrogens with two attached hydrogens (primary N) is 1. The van der Waals surface area contributed by atoms with Gasteiger partial charge in [0.1, 0.15) is 5.75 Å². The molecule has 0 radical (unpaired) electrons. The topological polar surface area (TPSA) is 47.3 Å². The largest absolute Gasteiger partial charge is 0.493 e. The predicted octanol–water partition coefficient (Wildman–Crippen LogP) is 3.04. The highest BCUT2D eigenvalue weighted by Gasteiger charge is 2.26. The molecule has 2 aliphatic rings. The maximum Gasteiger partial charge on any atom is 0.125 e. The Kier molecular flexibility index (Phi) is 4.91. The van der Waals surface area contributed by atoms with Crippen molar-refractivity contribution in [1.29, 1.82) is 0 Å². The Hall–Kier alpha value is -0.230. The lowest BCUT2D eigenvalue weighted by atomic mass is 9.97. The molecule has 2 aliphatic heterocycles. The van der Waals surface area contributed by atoms with Gasteiger partial charge in [0.2, 0.25) is 0 Å². The number of fused-ring (bicyclic) bond motifs is 1. The lowest BCUT2D eigenvalue weighted by molar-refractivity contribution is 0.350. The van der Waals surface area contributed by atoms with Gasteiger partial charge in [-0.15, -0.1) is 0 Å². The number of halogens is 1. The van der Waals surface area contributed by atoms with Crippen LogP contribution in [0.2, 0.25) is 0 Å². The first-order chi connectivity index (χ1) is 9.78. The standard InChI is InChI=1S/C15H21BrN2OS/c16-12-7-10-4-5-19-15(10)11(8-12)9-13(18-17)14-3-1-2-6-20-14/h7-8,13-14,18H,1-6,9,17H2. The van der Waals surface area contributed by atoms with E-state index in [2.05, 4.69) is 45.3 Å². The summed E-state index contributed by atoms with van der Waals surface area (Å²) >= 11 is 5.67. The van der Waals surface area contributed by atoms with Crippen LogP contribution in [-0.2, 0) is 12.8 Å². The van der Waals surface area contributed by atoms with E-state index in [9.17, 15) is 0 Å². The smallest absolute Gasteiger partial charge is 0.125 e. The zero-order valence-corrected chi connectivity index (χ0v) is 13.9. The van der Waals surface area contributed by atoms with Crippen molar-refractivity contribution in [2.75, 3.05) is 12.4 Å². The van der Waals surface area contributed by atoms with E-state index in [-0.39, 0.29) is 0 Å². The van der Waals surface area contributed by atoms with E-state index in [4.69, 9.17) is 10.6 Å². The average Bonchev–Trinajstić information content (AvgIpc) is 2.93. The molecule has 2 heterocycles. The summed E-state index contributed by atoms with van der Waals surface area (Å²) in [7, 11) is 0. The Morgan fingerprint density at radius 1 is 1.45 bits per heavy atom. The molecule has 1 saturated heterocycles. The zero-order chi connectivity index (χ0) is 13.9. The van der Waals surface area contributed by atoms with Crippen LogP contribution in [0.25, 0.3) is 0 Å². The van der Waals surface area contributed by atoms with Gasteiger partial charge in [-0.1, -0.05) is 22.4 Å². The van der Waals surface area contributed by atoms with Crippen molar-refractivity contribution in [2.45, 2.75) is 43.4 Å². The van der Waals surface area contributed by atoms with Crippen molar-refractivity contribution < 1.29 is 4.74 Å². The van der Waals surface area contributed by atoms with Gasteiger partial charge in [0.05, 0.1) is 6.61 Å². The SMILES string of the molecule is NNC(Cc1cc(Br)cc2c1OCC2)C1CCCCS1. The maximum absolute atomic E-state index is 5.82. The number of hydrazine groups is 1. The van der Waals surface area contributed by atoms with E-state index < -0.39 is 0 Å². The monoisotopic (exact) mass is 356 g/mol. The van der Waals surface area contributed by atoms with Gasteiger partial charge in [-0.2, -0.15) is 11.8 Å². The normalized spacial score (nSPS) is 23.2. The fraction of sp³-hybridized carbons (Fsp3) is 0.600. The summed E-state index contributed by atoms with van der Waals surface area (Å²) in [4.78, 5) is 0. The first-order valence-corrected chi connectivity index (χ1v) is 9.14. The van der Waals surface area contributed by atoms with Crippen molar-refractivity contribution in [3.8, 4) is 5.75 Å². The van der Waals surface area contributed by atoms with Crippen LogP contribution in [0.15, 0.2) is 16.6 Å². The first kappa shape index (κ1) is 14.7. The molecule has 2 atom stereocenters. The zero-order valence-electron chi connectivity index (χ0n) is 11.5.